The smallest absolute Gasteiger partial charge is 0.320 e. The quantitative estimate of drug-likeness (QED) is 0.577. The summed E-state index contributed by atoms with van der Waals surface area (Å²) in [5, 5.41) is 2.71. The Kier molecular flexibility index (Phi) is 6.69. The first-order valence-corrected chi connectivity index (χ1v) is 9.60. The van der Waals surface area contributed by atoms with Crippen LogP contribution in [0.2, 0.25) is 0 Å². The number of nitrogens with zero attached hydrogens (tertiary/aromatic N) is 2. The summed E-state index contributed by atoms with van der Waals surface area (Å²) in [6.45, 7) is 4.42. The lowest BCUT2D eigenvalue weighted by Gasteiger charge is -2.12. The summed E-state index contributed by atoms with van der Waals surface area (Å²) in [5.41, 5.74) is -0.508. The van der Waals surface area contributed by atoms with Crippen LogP contribution in [0.25, 0.3) is 5.69 Å². The van der Waals surface area contributed by atoms with Crippen molar-refractivity contribution in [2.45, 2.75) is 20.4 Å². The first-order valence-electron chi connectivity index (χ1n) is 9.60. The van der Waals surface area contributed by atoms with Crippen LogP contribution < -0.4 is 25.9 Å². The molecule has 0 radical (unpaired) electrons. The Morgan fingerprint density at radius 3 is 2.30 bits per heavy atom. The molecular weight excluding hydrogens is 386 g/mol. The normalized spacial score (nSPS) is 10.5. The molecule has 1 N–H and O–H groups in total. The number of carbonyl (C=O) groups excluding carboxylic acids is 1. The number of aromatic nitrogens is 2. The zero-order chi connectivity index (χ0) is 21.5. The van der Waals surface area contributed by atoms with Crippen LogP contribution >= 0.6 is 0 Å². The van der Waals surface area contributed by atoms with Gasteiger partial charge in [-0.15, -0.1) is 0 Å². The molecule has 8 heteroatoms. The second-order valence-corrected chi connectivity index (χ2v) is 6.31. The van der Waals surface area contributed by atoms with E-state index in [4.69, 9.17) is 9.47 Å². The van der Waals surface area contributed by atoms with Crippen LogP contribution in [0.4, 0.5) is 5.69 Å². The topological polar surface area (TPSA) is 91.6 Å². The molecule has 0 saturated heterocycles. The molecule has 0 fully saturated rings. The van der Waals surface area contributed by atoms with E-state index in [1.807, 2.05) is 13.8 Å². The summed E-state index contributed by atoms with van der Waals surface area (Å²) in [7, 11) is 0. The van der Waals surface area contributed by atoms with Crippen LogP contribution in [0.1, 0.15) is 13.8 Å². The highest BCUT2D eigenvalue weighted by Gasteiger charge is 2.12. The van der Waals surface area contributed by atoms with Gasteiger partial charge < -0.3 is 14.8 Å². The van der Waals surface area contributed by atoms with Crippen molar-refractivity contribution >= 4 is 11.6 Å². The lowest BCUT2D eigenvalue weighted by atomic mass is 10.3. The summed E-state index contributed by atoms with van der Waals surface area (Å²) in [6, 6.07) is 13.8. The van der Waals surface area contributed by atoms with Crippen LogP contribution in [0, 0.1) is 0 Å². The molecule has 0 saturated carbocycles. The van der Waals surface area contributed by atoms with E-state index in [0.717, 1.165) is 4.57 Å². The van der Waals surface area contributed by atoms with Gasteiger partial charge in [0, 0.05) is 18.1 Å². The molecule has 1 amide bonds. The molecule has 3 rings (SSSR count). The van der Waals surface area contributed by atoms with E-state index in [1.165, 1.54) is 17.0 Å². The Morgan fingerprint density at radius 1 is 0.900 bits per heavy atom. The fourth-order valence-corrected chi connectivity index (χ4v) is 2.90. The van der Waals surface area contributed by atoms with E-state index in [-0.39, 0.29) is 6.54 Å². The van der Waals surface area contributed by atoms with E-state index in [9.17, 15) is 14.4 Å². The Labute approximate surface area is 173 Å². The third kappa shape index (κ3) is 4.78. The van der Waals surface area contributed by atoms with Crippen LogP contribution in [-0.2, 0) is 11.3 Å². The number of para-hydroxylation sites is 2. The summed E-state index contributed by atoms with van der Waals surface area (Å²) < 4.78 is 13.2. The number of hydrogen-bond acceptors (Lipinski definition) is 5. The number of carbonyl (C=O) groups is 1. The minimum atomic E-state index is -0.792. The van der Waals surface area contributed by atoms with Crippen LogP contribution in [0.5, 0.6) is 11.5 Å². The maximum Gasteiger partial charge on any atom is 0.320 e. The zero-order valence-electron chi connectivity index (χ0n) is 16.8. The first-order chi connectivity index (χ1) is 14.5. The number of amides is 1. The minimum absolute atomic E-state index is 0.293. The van der Waals surface area contributed by atoms with Crippen molar-refractivity contribution in [3.8, 4) is 17.2 Å². The van der Waals surface area contributed by atoms with Gasteiger partial charge in [-0.05, 0) is 50.2 Å². The highest BCUT2D eigenvalue weighted by atomic mass is 16.5. The largest absolute Gasteiger partial charge is 0.494 e. The fraction of sp³-hybridized carbons (Fsp3) is 0.227. The number of hydrogen-bond donors (Lipinski definition) is 1. The molecule has 1 aromatic heterocycles. The van der Waals surface area contributed by atoms with Gasteiger partial charge in [0.05, 0.1) is 18.9 Å². The van der Waals surface area contributed by atoms with E-state index in [0.29, 0.717) is 36.1 Å². The molecule has 3 aromatic rings. The third-order valence-corrected chi connectivity index (χ3v) is 4.26. The highest BCUT2D eigenvalue weighted by Crippen LogP contribution is 2.23. The SMILES string of the molecule is CCOc1ccc(-n2ccn(CC(=O)Nc3ccccc3OCC)c(=O)c2=O)cc1. The maximum absolute atomic E-state index is 12.5. The third-order valence-electron chi connectivity index (χ3n) is 4.26. The standard InChI is InChI=1S/C22H23N3O5/c1-3-29-17-11-9-16(10-12-17)25-14-13-24(21(27)22(25)28)15-20(26)23-18-7-5-6-8-19(18)30-4-2/h5-14H,3-4,15H2,1-2H3,(H,23,26). The molecule has 8 nitrogen and oxygen atoms in total. The molecule has 0 atom stereocenters. The van der Waals surface area contributed by atoms with Crippen molar-refractivity contribution in [3.05, 3.63) is 81.6 Å². The van der Waals surface area contributed by atoms with E-state index in [2.05, 4.69) is 5.32 Å². The molecule has 2 aromatic carbocycles. The predicted molar refractivity (Wildman–Crippen MR) is 114 cm³/mol. The summed E-state index contributed by atoms with van der Waals surface area (Å²) >= 11 is 0. The van der Waals surface area contributed by atoms with Gasteiger partial charge in [0.15, 0.2) is 0 Å². The lowest BCUT2D eigenvalue weighted by Crippen LogP contribution is -2.41. The zero-order valence-corrected chi connectivity index (χ0v) is 16.8. The molecule has 156 valence electrons. The van der Waals surface area contributed by atoms with Gasteiger partial charge in [-0.2, -0.15) is 0 Å². The maximum atomic E-state index is 12.5. The molecule has 0 aliphatic carbocycles. The second kappa shape index (κ2) is 9.60. The average Bonchev–Trinajstić information content (AvgIpc) is 2.74. The van der Waals surface area contributed by atoms with Crippen LogP contribution in [0.3, 0.4) is 0 Å². The number of anilines is 1. The first kappa shape index (κ1) is 20.9. The van der Waals surface area contributed by atoms with Crippen LogP contribution in [0.15, 0.2) is 70.5 Å². The number of nitrogens with one attached hydrogen (secondary N) is 1. The van der Waals surface area contributed by atoms with Gasteiger partial charge >= 0.3 is 11.1 Å². The molecule has 30 heavy (non-hydrogen) atoms. The number of benzene rings is 2. The van der Waals surface area contributed by atoms with Gasteiger partial charge in [0.1, 0.15) is 18.0 Å². The van der Waals surface area contributed by atoms with Crippen molar-refractivity contribution in [2.75, 3.05) is 18.5 Å². The fourth-order valence-electron chi connectivity index (χ4n) is 2.90. The monoisotopic (exact) mass is 409 g/mol. The molecule has 0 bridgehead atoms. The second-order valence-electron chi connectivity index (χ2n) is 6.31. The minimum Gasteiger partial charge on any atom is -0.494 e. The van der Waals surface area contributed by atoms with Gasteiger partial charge in [-0.25, -0.2) is 0 Å². The van der Waals surface area contributed by atoms with E-state index < -0.39 is 17.0 Å². The molecule has 0 aliphatic heterocycles. The highest BCUT2D eigenvalue weighted by molar-refractivity contribution is 5.92. The van der Waals surface area contributed by atoms with Gasteiger partial charge in [0.25, 0.3) is 0 Å². The Hall–Kier alpha value is -3.81. The summed E-state index contributed by atoms with van der Waals surface area (Å²) in [5.74, 6) is 0.765. The van der Waals surface area contributed by atoms with Crippen molar-refractivity contribution in [3.63, 3.8) is 0 Å². The molecule has 0 aliphatic rings. The Balaban J connectivity index is 1.78. The van der Waals surface area contributed by atoms with E-state index in [1.54, 1.807) is 48.5 Å². The molecule has 0 spiro atoms. The van der Waals surface area contributed by atoms with Crippen molar-refractivity contribution in [1.82, 2.24) is 9.13 Å². The molecule has 0 unspecified atom stereocenters. The summed E-state index contributed by atoms with van der Waals surface area (Å²) in [4.78, 5) is 37.4. The van der Waals surface area contributed by atoms with Crippen molar-refractivity contribution < 1.29 is 14.3 Å². The average molecular weight is 409 g/mol. The van der Waals surface area contributed by atoms with Gasteiger partial charge in [-0.3, -0.25) is 23.5 Å². The van der Waals surface area contributed by atoms with Gasteiger partial charge in [0.2, 0.25) is 5.91 Å². The Morgan fingerprint density at radius 2 is 1.60 bits per heavy atom. The number of ether oxygens (including phenoxy) is 2. The predicted octanol–water partition coefficient (Wildman–Crippen LogP) is 2.44. The Bertz CT molecular complexity index is 1130. The molecular formula is C22H23N3O5. The van der Waals surface area contributed by atoms with Crippen LogP contribution in [-0.4, -0.2) is 28.3 Å². The molecule has 1 heterocycles. The van der Waals surface area contributed by atoms with Crippen molar-refractivity contribution in [1.29, 1.82) is 0 Å². The van der Waals surface area contributed by atoms with Crippen molar-refractivity contribution in [2.24, 2.45) is 0 Å². The van der Waals surface area contributed by atoms with Gasteiger partial charge in [-0.1, -0.05) is 12.1 Å². The number of rotatable bonds is 8. The van der Waals surface area contributed by atoms with E-state index >= 15 is 0 Å². The lowest BCUT2D eigenvalue weighted by molar-refractivity contribution is -0.116. The summed E-state index contributed by atoms with van der Waals surface area (Å²) in [6.07, 6.45) is 2.87.